The molecule has 82 valence electrons. The van der Waals surface area contributed by atoms with E-state index in [0.29, 0.717) is 32.7 Å². The number of ether oxygens (including phenoxy) is 1. The van der Waals surface area contributed by atoms with E-state index in [2.05, 4.69) is 6.58 Å². The zero-order valence-electron chi connectivity index (χ0n) is 8.87. The van der Waals surface area contributed by atoms with E-state index in [4.69, 9.17) is 10.5 Å². The van der Waals surface area contributed by atoms with Crippen LogP contribution in [0.1, 0.15) is 12.8 Å². The second-order valence-corrected chi connectivity index (χ2v) is 3.01. The first-order chi connectivity index (χ1) is 6.76. The lowest BCUT2D eigenvalue weighted by molar-refractivity contribution is -0.131. The molecule has 0 aromatic rings. The number of carbonyl (C=O) groups is 1. The van der Waals surface area contributed by atoms with Gasteiger partial charge >= 0.3 is 0 Å². The molecule has 2 N–H and O–H groups in total. The lowest BCUT2D eigenvalue weighted by Gasteiger charge is -2.20. The summed E-state index contributed by atoms with van der Waals surface area (Å²) in [5.74, 6) is 0.118. The molecule has 0 aliphatic rings. The van der Waals surface area contributed by atoms with E-state index in [9.17, 15) is 4.79 Å². The highest BCUT2D eigenvalue weighted by Gasteiger charge is 2.10. The van der Waals surface area contributed by atoms with Gasteiger partial charge < -0.3 is 15.4 Å². The lowest BCUT2D eigenvalue weighted by Crippen LogP contribution is -2.34. The molecule has 0 saturated heterocycles. The fraction of sp³-hybridized carbons (Fsp3) is 0.700. The third-order valence-electron chi connectivity index (χ3n) is 1.86. The molecule has 4 nitrogen and oxygen atoms in total. The average Bonchev–Trinajstić information content (AvgIpc) is 2.20. The Morgan fingerprint density at radius 3 is 2.86 bits per heavy atom. The predicted molar refractivity (Wildman–Crippen MR) is 56.9 cm³/mol. The fourth-order valence-electron chi connectivity index (χ4n) is 1.09. The van der Waals surface area contributed by atoms with Crippen LogP contribution in [0.5, 0.6) is 0 Å². The van der Waals surface area contributed by atoms with Crippen LogP contribution in [-0.2, 0) is 9.53 Å². The Bertz CT molecular complexity index is 172. The van der Waals surface area contributed by atoms with Gasteiger partial charge in [0, 0.05) is 26.6 Å². The summed E-state index contributed by atoms with van der Waals surface area (Å²) < 4.78 is 4.92. The first-order valence-corrected chi connectivity index (χ1v) is 4.84. The standard InChI is InChI=1S/C10H20N2O2/c1-3-7-12(8-9-14-2)10(13)5-4-6-11/h3H,1,4-9,11H2,2H3. The molecule has 0 atom stereocenters. The van der Waals surface area contributed by atoms with Crippen LogP contribution in [0.3, 0.4) is 0 Å². The zero-order valence-corrected chi connectivity index (χ0v) is 8.87. The molecule has 0 aliphatic heterocycles. The van der Waals surface area contributed by atoms with E-state index in [1.807, 2.05) is 0 Å². The molecule has 1 amide bonds. The Kier molecular flexibility index (Phi) is 8.17. The molecule has 0 aliphatic carbocycles. The SMILES string of the molecule is C=CCN(CCOC)C(=O)CCCN. The van der Waals surface area contributed by atoms with Gasteiger partial charge in [0.1, 0.15) is 0 Å². The molecule has 0 fully saturated rings. The monoisotopic (exact) mass is 200 g/mol. The van der Waals surface area contributed by atoms with E-state index in [-0.39, 0.29) is 5.91 Å². The molecule has 0 aromatic heterocycles. The van der Waals surface area contributed by atoms with E-state index < -0.39 is 0 Å². The number of nitrogens with two attached hydrogens (primary N) is 1. The van der Waals surface area contributed by atoms with Crippen molar-refractivity contribution in [3.63, 3.8) is 0 Å². The maximum absolute atomic E-state index is 11.6. The summed E-state index contributed by atoms with van der Waals surface area (Å²) in [7, 11) is 1.62. The predicted octanol–water partition coefficient (Wildman–Crippen LogP) is 0.386. The Balaban J connectivity index is 3.90. The van der Waals surface area contributed by atoms with Gasteiger partial charge in [-0.05, 0) is 13.0 Å². The van der Waals surface area contributed by atoms with Crippen LogP contribution in [0.15, 0.2) is 12.7 Å². The van der Waals surface area contributed by atoms with Crippen LogP contribution in [0.25, 0.3) is 0 Å². The van der Waals surface area contributed by atoms with E-state index in [1.165, 1.54) is 0 Å². The van der Waals surface area contributed by atoms with Crippen LogP contribution in [0.2, 0.25) is 0 Å². The number of amides is 1. The molecule has 0 heterocycles. The minimum atomic E-state index is 0.118. The Hall–Kier alpha value is -0.870. The van der Waals surface area contributed by atoms with Crippen molar-refractivity contribution >= 4 is 5.91 Å². The molecule has 0 radical (unpaired) electrons. The number of nitrogens with zero attached hydrogens (tertiary/aromatic N) is 1. The van der Waals surface area contributed by atoms with Crippen LogP contribution < -0.4 is 5.73 Å². The third-order valence-corrected chi connectivity index (χ3v) is 1.86. The van der Waals surface area contributed by atoms with Crippen molar-refractivity contribution in [2.24, 2.45) is 5.73 Å². The summed E-state index contributed by atoms with van der Waals surface area (Å²) >= 11 is 0. The van der Waals surface area contributed by atoms with Gasteiger partial charge in [-0.2, -0.15) is 0 Å². The summed E-state index contributed by atoms with van der Waals surface area (Å²) in [5.41, 5.74) is 5.34. The Morgan fingerprint density at radius 2 is 2.36 bits per heavy atom. The van der Waals surface area contributed by atoms with Crippen molar-refractivity contribution in [1.29, 1.82) is 0 Å². The molecular formula is C10H20N2O2. The van der Waals surface area contributed by atoms with Crippen molar-refractivity contribution < 1.29 is 9.53 Å². The first-order valence-electron chi connectivity index (χ1n) is 4.84. The van der Waals surface area contributed by atoms with Crippen molar-refractivity contribution in [2.75, 3.05) is 33.4 Å². The second kappa shape index (κ2) is 8.72. The Morgan fingerprint density at radius 1 is 1.64 bits per heavy atom. The smallest absolute Gasteiger partial charge is 0.222 e. The topological polar surface area (TPSA) is 55.6 Å². The summed E-state index contributed by atoms with van der Waals surface area (Å²) in [6.07, 6.45) is 2.96. The summed E-state index contributed by atoms with van der Waals surface area (Å²) in [6, 6.07) is 0. The average molecular weight is 200 g/mol. The zero-order chi connectivity index (χ0) is 10.8. The molecule has 0 unspecified atom stereocenters. The molecule has 0 bridgehead atoms. The highest BCUT2D eigenvalue weighted by molar-refractivity contribution is 5.76. The fourth-order valence-corrected chi connectivity index (χ4v) is 1.09. The quantitative estimate of drug-likeness (QED) is 0.576. The minimum absolute atomic E-state index is 0.118. The third kappa shape index (κ3) is 5.72. The largest absolute Gasteiger partial charge is 0.383 e. The van der Waals surface area contributed by atoms with Crippen molar-refractivity contribution in [1.82, 2.24) is 4.90 Å². The highest BCUT2D eigenvalue weighted by atomic mass is 16.5. The number of rotatable bonds is 8. The molecule has 0 saturated carbocycles. The van der Waals surface area contributed by atoms with Crippen LogP contribution in [0.4, 0.5) is 0 Å². The molecule has 0 spiro atoms. The summed E-state index contributed by atoms with van der Waals surface area (Å²) in [6.45, 7) is 5.92. The molecular weight excluding hydrogens is 180 g/mol. The van der Waals surface area contributed by atoms with Crippen LogP contribution in [0, 0.1) is 0 Å². The van der Waals surface area contributed by atoms with Crippen molar-refractivity contribution in [2.45, 2.75) is 12.8 Å². The minimum Gasteiger partial charge on any atom is -0.383 e. The van der Waals surface area contributed by atoms with Crippen molar-refractivity contribution in [3.05, 3.63) is 12.7 Å². The van der Waals surface area contributed by atoms with Gasteiger partial charge in [0.2, 0.25) is 5.91 Å². The lowest BCUT2D eigenvalue weighted by atomic mass is 10.2. The maximum Gasteiger partial charge on any atom is 0.222 e. The second-order valence-electron chi connectivity index (χ2n) is 3.01. The summed E-state index contributed by atoms with van der Waals surface area (Å²) in [5, 5.41) is 0. The van der Waals surface area contributed by atoms with E-state index >= 15 is 0 Å². The molecule has 0 rings (SSSR count). The van der Waals surface area contributed by atoms with Gasteiger partial charge in [-0.3, -0.25) is 4.79 Å². The van der Waals surface area contributed by atoms with Gasteiger partial charge in [0.05, 0.1) is 6.61 Å². The van der Waals surface area contributed by atoms with Gasteiger partial charge in [-0.25, -0.2) is 0 Å². The van der Waals surface area contributed by atoms with Gasteiger partial charge in [-0.15, -0.1) is 6.58 Å². The molecule has 4 heteroatoms. The number of hydrogen-bond donors (Lipinski definition) is 1. The molecule has 0 aromatic carbocycles. The van der Waals surface area contributed by atoms with Gasteiger partial charge in [0.15, 0.2) is 0 Å². The summed E-state index contributed by atoms with van der Waals surface area (Å²) in [4.78, 5) is 13.3. The highest BCUT2D eigenvalue weighted by Crippen LogP contribution is 1.97. The van der Waals surface area contributed by atoms with Gasteiger partial charge in [-0.1, -0.05) is 6.08 Å². The van der Waals surface area contributed by atoms with Gasteiger partial charge in [0.25, 0.3) is 0 Å². The first kappa shape index (κ1) is 13.1. The number of methoxy groups -OCH3 is 1. The Labute approximate surface area is 85.7 Å². The number of carbonyl (C=O) groups excluding carboxylic acids is 1. The van der Waals surface area contributed by atoms with Crippen molar-refractivity contribution in [3.8, 4) is 0 Å². The molecule has 14 heavy (non-hydrogen) atoms. The maximum atomic E-state index is 11.6. The van der Waals surface area contributed by atoms with E-state index in [1.54, 1.807) is 18.1 Å². The van der Waals surface area contributed by atoms with E-state index in [0.717, 1.165) is 6.42 Å². The number of hydrogen-bond acceptors (Lipinski definition) is 3. The van der Waals surface area contributed by atoms with Crippen LogP contribution >= 0.6 is 0 Å². The van der Waals surface area contributed by atoms with Crippen LogP contribution in [-0.4, -0.2) is 44.2 Å². The normalized spacial score (nSPS) is 9.86.